The van der Waals surface area contributed by atoms with Gasteiger partial charge < -0.3 is 31.3 Å². The summed E-state index contributed by atoms with van der Waals surface area (Å²) in [4.78, 5) is 68.1. The van der Waals surface area contributed by atoms with Gasteiger partial charge in [-0.05, 0) is 135 Å². The predicted octanol–water partition coefficient (Wildman–Crippen LogP) is 10.8. The molecule has 2 aliphatic heterocycles. The van der Waals surface area contributed by atoms with E-state index in [4.69, 9.17) is 10.5 Å². The molecule has 7 N–H and O–H groups in total. The molecule has 0 spiro atoms. The summed E-state index contributed by atoms with van der Waals surface area (Å²) in [6, 6.07) is 31.6. The van der Waals surface area contributed by atoms with Crippen molar-refractivity contribution < 1.29 is 36.7 Å². The van der Waals surface area contributed by atoms with Crippen LogP contribution in [0.25, 0.3) is 16.7 Å². The Hall–Kier alpha value is -8.55. The molecular formula is C66H77N10O8S+. The van der Waals surface area contributed by atoms with Gasteiger partial charge in [0.2, 0.25) is 11.6 Å². The van der Waals surface area contributed by atoms with Gasteiger partial charge in [-0.2, -0.15) is 18.0 Å². The fourth-order valence-corrected chi connectivity index (χ4v) is 12.4. The number of ether oxygens (including phenoxy) is 1. The van der Waals surface area contributed by atoms with Gasteiger partial charge >= 0.3 is 0 Å². The van der Waals surface area contributed by atoms with Crippen molar-refractivity contribution in [2.45, 2.75) is 129 Å². The van der Waals surface area contributed by atoms with Crippen LogP contribution >= 0.6 is 0 Å². The normalized spacial score (nSPS) is 16.7. The smallest absolute Gasteiger partial charge is 0.295 e. The van der Waals surface area contributed by atoms with Crippen LogP contribution in [0.1, 0.15) is 148 Å². The number of benzene rings is 4. The van der Waals surface area contributed by atoms with Crippen molar-refractivity contribution in [3.63, 3.8) is 0 Å². The molecule has 2 amide bonds. The van der Waals surface area contributed by atoms with Gasteiger partial charge in [0, 0.05) is 77.3 Å². The fourth-order valence-electron chi connectivity index (χ4n) is 11.8. The summed E-state index contributed by atoms with van der Waals surface area (Å²) in [6.07, 6.45) is 18.2. The molecule has 85 heavy (non-hydrogen) atoms. The van der Waals surface area contributed by atoms with Crippen LogP contribution < -0.4 is 32.1 Å². The third-order valence-corrected chi connectivity index (χ3v) is 17.1. The zero-order chi connectivity index (χ0) is 60.3. The number of para-hydroxylation sites is 2. The van der Waals surface area contributed by atoms with Gasteiger partial charge in [-0.25, -0.2) is 9.97 Å². The second-order valence-electron chi connectivity index (χ2n) is 22.9. The number of nitrogen functional groups attached to an aromatic ring is 1. The van der Waals surface area contributed by atoms with E-state index >= 15 is 0 Å². The standard InChI is InChI=1S/C66H76N10O8S/c1-6-7-14-38-75-53-22-10-8-20-51(53)65(2,3)55(75)35-31-44-18-17-19-45(32-36-56-66(4,5)52-21-9-11-23-54(52)76(56)39-15-16-40-85(81,82)83)58(44)46-25-27-47(28-26-46)61(78)68-37-13-12-24-57(84-43-77)72-62(79)48-29-33-49(34-30-48)69-41-50-42-70-60-59(71-50)63(80)74-64(67)73-60/h8-11,20-23,25-36,42-43,57H,6-7,12-19,24,37-41H2,1-5H3,(H6-,67,68,69,70,72,73,74,78,79,80,81,82,83)/p+1/t57-/m1/s1. The number of nitrogens with two attached hydrogens (primary N) is 1. The maximum absolute atomic E-state index is 13.7. The molecule has 0 unspecified atom stereocenters. The molecule has 0 saturated heterocycles. The SMILES string of the molecule is CCCCCN1/C(=C/C=C2\CCCC(/C=C/C3=[N+](CCCCS(=O)(=O)O)c4ccccc4C3(C)C)=C2c2ccc(C(=O)NCCCC[C@H](NC(=O)c3ccc(NCc4cnc5nc(N)[nH]c(=O)c5n4)cc3)OC=O)cc2)C(C)(C)c2ccccc21. The summed E-state index contributed by atoms with van der Waals surface area (Å²) in [5.41, 5.74) is 18.6. The van der Waals surface area contributed by atoms with E-state index in [2.05, 4.69) is 147 Å². The van der Waals surface area contributed by atoms with Crippen molar-refractivity contribution in [3.8, 4) is 0 Å². The van der Waals surface area contributed by atoms with Crippen molar-refractivity contribution in [1.29, 1.82) is 0 Å². The molecule has 9 rings (SSSR count). The van der Waals surface area contributed by atoms with E-state index in [9.17, 15) is 32.1 Å². The predicted molar refractivity (Wildman–Crippen MR) is 334 cm³/mol. The average Bonchev–Trinajstić information content (AvgIpc) is 2.02. The van der Waals surface area contributed by atoms with Crippen molar-refractivity contribution >= 4 is 73.9 Å². The lowest BCUT2D eigenvalue weighted by atomic mass is 9.79. The van der Waals surface area contributed by atoms with E-state index in [1.165, 1.54) is 39.9 Å². The van der Waals surface area contributed by atoms with Crippen molar-refractivity contribution in [2.24, 2.45) is 0 Å². The molecule has 4 heterocycles. The van der Waals surface area contributed by atoms with E-state index in [-0.39, 0.29) is 46.1 Å². The summed E-state index contributed by atoms with van der Waals surface area (Å²) in [7, 11) is -4.07. The highest BCUT2D eigenvalue weighted by atomic mass is 32.2. The highest BCUT2D eigenvalue weighted by Gasteiger charge is 2.44. The van der Waals surface area contributed by atoms with E-state index < -0.39 is 27.8 Å². The minimum Gasteiger partial charge on any atom is -0.444 e. The third-order valence-electron chi connectivity index (χ3n) is 16.3. The summed E-state index contributed by atoms with van der Waals surface area (Å²) < 4.78 is 40.3. The number of hydrogen-bond donors (Lipinski definition) is 6. The van der Waals surface area contributed by atoms with Crippen molar-refractivity contribution in [1.82, 2.24) is 30.6 Å². The molecule has 19 heteroatoms. The van der Waals surface area contributed by atoms with Gasteiger partial charge in [0.15, 0.2) is 23.1 Å². The molecule has 0 saturated carbocycles. The first kappa shape index (κ1) is 61.0. The molecule has 18 nitrogen and oxygen atoms in total. The number of unbranched alkanes of at least 4 members (excludes halogenated alkanes) is 4. The number of nitrogens with one attached hydrogen (secondary N) is 4. The lowest BCUT2D eigenvalue weighted by Crippen LogP contribution is -2.37. The van der Waals surface area contributed by atoms with Crippen LogP contribution in [0.3, 0.4) is 0 Å². The first-order chi connectivity index (χ1) is 40.9. The lowest BCUT2D eigenvalue weighted by molar-refractivity contribution is -0.438. The van der Waals surface area contributed by atoms with Crippen LogP contribution in [-0.2, 0) is 37.0 Å². The van der Waals surface area contributed by atoms with Crippen LogP contribution in [0, 0.1) is 0 Å². The fraction of sp³-hybridized carbons (Fsp3) is 0.364. The number of H-pyrrole nitrogens is 1. The Labute approximate surface area is 497 Å². The minimum absolute atomic E-state index is 0.0455. The van der Waals surface area contributed by atoms with Crippen LogP contribution in [0.4, 0.5) is 23.0 Å². The first-order valence-corrected chi connectivity index (χ1v) is 31.0. The number of aromatic amines is 1. The number of amides is 2. The Balaban J connectivity index is 0.886. The zero-order valence-corrected chi connectivity index (χ0v) is 49.9. The molecule has 4 aromatic carbocycles. The maximum Gasteiger partial charge on any atom is 0.295 e. The Morgan fingerprint density at radius 3 is 2.33 bits per heavy atom. The number of anilines is 3. The maximum atomic E-state index is 13.7. The second-order valence-corrected chi connectivity index (χ2v) is 24.5. The lowest BCUT2D eigenvalue weighted by Gasteiger charge is -2.28. The van der Waals surface area contributed by atoms with Crippen LogP contribution in [-0.4, -0.2) is 93.1 Å². The molecule has 2 aromatic heterocycles. The van der Waals surface area contributed by atoms with Gasteiger partial charge in [0.05, 0.1) is 29.6 Å². The van der Waals surface area contributed by atoms with Crippen LogP contribution in [0.15, 0.2) is 149 Å². The number of aromatic nitrogens is 4. The number of carbonyl (C=O) groups is 3. The van der Waals surface area contributed by atoms with Crippen LogP contribution in [0.5, 0.6) is 0 Å². The van der Waals surface area contributed by atoms with Gasteiger partial charge in [-0.15, -0.1) is 0 Å². The molecule has 1 aliphatic carbocycles. The molecular weight excluding hydrogens is 1090 g/mol. The molecule has 0 radical (unpaired) electrons. The van der Waals surface area contributed by atoms with E-state index in [0.29, 0.717) is 74.2 Å². The van der Waals surface area contributed by atoms with E-state index in [1.807, 2.05) is 30.3 Å². The number of allylic oxidation sites excluding steroid dienone is 8. The quantitative estimate of drug-likeness (QED) is 0.00971. The summed E-state index contributed by atoms with van der Waals surface area (Å²) >= 11 is 0. The van der Waals surface area contributed by atoms with E-state index in [0.717, 1.165) is 67.6 Å². The van der Waals surface area contributed by atoms with Crippen LogP contribution in [0.2, 0.25) is 0 Å². The molecule has 444 valence electrons. The average molecular weight is 1170 g/mol. The second kappa shape index (κ2) is 27.0. The summed E-state index contributed by atoms with van der Waals surface area (Å²) in [6.45, 7) is 13.8. The Morgan fingerprint density at radius 2 is 1.58 bits per heavy atom. The van der Waals surface area contributed by atoms with Gasteiger partial charge in [-0.3, -0.25) is 28.7 Å². The van der Waals surface area contributed by atoms with Gasteiger partial charge in [0.1, 0.15) is 6.54 Å². The largest absolute Gasteiger partial charge is 0.444 e. The number of nitrogens with zero attached hydrogens (tertiary/aromatic N) is 5. The molecule has 3 aliphatic rings. The molecule has 0 fully saturated rings. The third kappa shape index (κ3) is 14.5. The zero-order valence-electron chi connectivity index (χ0n) is 49.1. The Morgan fingerprint density at radius 1 is 0.847 bits per heavy atom. The van der Waals surface area contributed by atoms with Gasteiger partial charge in [-0.1, -0.05) is 94.3 Å². The molecule has 6 aromatic rings. The number of rotatable bonds is 26. The van der Waals surface area contributed by atoms with Gasteiger partial charge in [0.25, 0.3) is 34.0 Å². The first-order valence-electron chi connectivity index (χ1n) is 29.4. The highest BCUT2D eigenvalue weighted by molar-refractivity contribution is 7.85. The monoisotopic (exact) mass is 1170 g/mol. The number of fused-ring (bicyclic) bond motifs is 3. The molecule has 0 bridgehead atoms. The molecule has 1 atom stereocenters. The topological polar surface area (TPSA) is 255 Å². The highest BCUT2D eigenvalue weighted by Crippen LogP contribution is 2.48. The summed E-state index contributed by atoms with van der Waals surface area (Å²) in [5, 5.41) is 9.01. The van der Waals surface area contributed by atoms with Crippen molar-refractivity contribution in [3.05, 3.63) is 188 Å². The summed E-state index contributed by atoms with van der Waals surface area (Å²) in [5.74, 6) is -0.978. The number of carbonyl (C=O) groups excluding carboxylic acids is 3. The van der Waals surface area contributed by atoms with Crippen molar-refractivity contribution in [2.75, 3.05) is 41.3 Å². The van der Waals surface area contributed by atoms with E-state index in [1.54, 1.807) is 24.3 Å². The number of hydrogen-bond acceptors (Lipinski definition) is 13. The Kier molecular flexibility index (Phi) is 19.4. The Bertz CT molecular complexity index is 3790. The minimum atomic E-state index is -4.07.